The van der Waals surface area contributed by atoms with Gasteiger partial charge in [0.15, 0.2) is 0 Å². The Kier molecular flexibility index (Phi) is 9.44. The first-order valence-corrected chi connectivity index (χ1v) is 25.3. The first-order chi connectivity index (χ1) is 35.5. The summed E-state index contributed by atoms with van der Waals surface area (Å²) in [6.07, 6.45) is 0. The highest BCUT2D eigenvalue weighted by atomic mass is 15.1. The minimum absolute atomic E-state index is 0.177. The van der Waals surface area contributed by atoms with Crippen LogP contribution < -0.4 is 4.90 Å². The van der Waals surface area contributed by atoms with Crippen molar-refractivity contribution in [2.75, 3.05) is 4.90 Å². The van der Waals surface area contributed by atoms with Gasteiger partial charge in [0.25, 0.3) is 0 Å². The van der Waals surface area contributed by atoms with Crippen LogP contribution in [-0.2, 0) is 16.2 Å². The van der Waals surface area contributed by atoms with Crippen LogP contribution >= 0.6 is 0 Å². The third kappa shape index (κ3) is 5.89. The van der Waals surface area contributed by atoms with E-state index in [2.05, 4.69) is 292 Å². The molecule has 1 heteroatoms. The van der Waals surface area contributed by atoms with Crippen LogP contribution in [-0.4, -0.2) is 0 Å². The molecule has 11 aromatic carbocycles. The summed E-state index contributed by atoms with van der Waals surface area (Å²) >= 11 is 0. The summed E-state index contributed by atoms with van der Waals surface area (Å²) in [7, 11) is 0. The SMILES string of the molecule is CC1(C)c2ccccc2-c2ccc(N(c3ccc(-c4ccccc4)cc3)c3cccc4c3-c3cc5c(cc3C4(c3ccccc3)c3ccccc3)C(c3ccccc3)(c3ccccc3)c3ccccc3-5)cc21. The summed E-state index contributed by atoms with van der Waals surface area (Å²) in [5, 5.41) is 0. The lowest BCUT2D eigenvalue weighted by Crippen LogP contribution is -2.31. The van der Waals surface area contributed by atoms with Crippen molar-refractivity contribution < 1.29 is 0 Å². The maximum atomic E-state index is 2.63. The molecule has 0 bridgehead atoms. The van der Waals surface area contributed by atoms with Crippen molar-refractivity contribution in [3.05, 3.63) is 329 Å². The number of hydrogen-bond acceptors (Lipinski definition) is 1. The quantitative estimate of drug-likeness (QED) is 0.147. The molecule has 0 radical (unpaired) electrons. The predicted molar refractivity (Wildman–Crippen MR) is 299 cm³/mol. The molecule has 72 heavy (non-hydrogen) atoms. The molecule has 0 fully saturated rings. The zero-order valence-corrected chi connectivity index (χ0v) is 40.4. The van der Waals surface area contributed by atoms with Crippen molar-refractivity contribution in [3.63, 3.8) is 0 Å². The molecule has 0 saturated carbocycles. The summed E-state index contributed by atoms with van der Waals surface area (Å²) in [6, 6.07) is 103. The first-order valence-electron chi connectivity index (χ1n) is 25.3. The molecular formula is C71H51N. The molecule has 3 aliphatic rings. The van der Waals surface area contributed by atoms with E-state index in [1.165, 1.54) is 100 Å². The Labute approximate surface area is 423 Å². The summed E-state index contributed by atoms with van der Waals surface area (Å²) in [4.78, 5) is 2.54. The second-order valence-electron chi connectivity index (χ2n) is 20.3. The fourth-order valence-electron chi connectivity index (χ4n) is 13.3. The molecule has 11 aromatic rings. The van der Waals surface area contributed by atoms with Crippen molar-refractivity contribution in [2.24, 2.45) is 0 Å². The average Bonchev–Trinajstić information content (AvgIpc) is 4.01. The van der Waals surface area contributed by atoms with Gasteiger partial charge in [-0.05, 0) is 131 Å². The van der Waals surface area contributed by atoms with Gasteiger partial charge in [-0.2, -0.15) is 0 Å². The lowest BCUT2D eigenvalue weighted by atomic mass is 9.64. The van der Waals surface area contributed by atoms with Gasteiger partial charge in [-0.3, -0.25) is 0 Å². The molecule has 340 valence electrons. The monoisotopic (exact) mass is 917 g/mol. The molecule has 3 aliphatic carbocycles. The maximum absolute atomic E-state index is 2.63. The number of benzene rings is 11. The van der Waals surface area contributed by atoms with Crippen molar-refractivity contribution in [1.82, 2.24) is 0 Å². The first kappa shape index (κ1) is 42.1. The normalized spacial score (nSPS) is 14.6. The van der Waals surface area contributed by atoms with E-state index in [4.69, 9.17) is 0 Å². The Bertz CT molecular complexity index is 3780. The van der Waals surface area contributed by atoms with Gasteiger partial charge < -0.3 is 4.90 Å². The molecule has 14 rings (SSSR count). The van der Waals surface area contributed by atoms with Crippen LogP contribution in [0.3, 0.4) is 0 Å². The zero-order chi connectivity index (χ0) is 48.0. The van der Waals surface area contributed by atoms with E-state index in [1.807, 2.05) is 0 Å². The van der Waals surface area contributed by atoms with Crippen LogP contribution in [0.5, 0.6) is 0 Å². The van der Waals surface area contributed by atoms with Crippen LogP contribution in [0.15, 0.2) is 273 Å². The number of nitrogens with zero attached hydrogens (tertiary/aromatic N) is 1. The number of fused-ring (bicyclic) bond motifs is 9. The molecule has 0 atom stereocenters. The predicted octanol–water partition coefficient (Wildman–Crippen LogP) is 17.9. The van der Waals surface area contributed by atoms with Crippen LogP contribution in [0, 0.1) is 0 Å². The Morgan fingerprint density at radius 3 is 1.28 bits per heavy atom. The summed E-state index contributed by atoms with van der Waals surface area (Å²) in [5.41, 5.74) is 24.9. The molecular weight excluding hydrogens is 867 g/mol. The smallest absolute Gasteiger partial charge is 0.0714 e. The summed E-state index contributed by atoms with van der Waals surface area (Å²) < 4.78 is 0. The largest absolute Gasteiger partial charge is 0.310 e. The van der Waals surface area contributed by atoms with E-state index in [0.717, 1.165) is 17.1 Å². The van der Waals surface area contributed by atoms with Gasteiger partial charge in [0.2, 0.25) is 0 Å². The van der Waals surface area contributed by atoms with Gasteiger partial charge in [0.1, 0.15) is 0 Å². The number of hydrogen-bond donors (Lipinski definition) is 0. The molecule has 0 aromatic heterocycles. The molecule has 0 unspecified atom stereocenters. The van der Waals surface area contributed by atoms with Crippen LogP contribution in [0.25, 0.3) is 44.5 Å². The standard InChI is InChI=1S/C71H51N/c1-69(2)61-35-20-18-33-56(61)58-44-43-55(45-64(58)69)72(54-41-39-49(40-42-54)48-23-8-3-9-24-48)67-38-22-37-63-68(67)60-46-59-57-34-19-21-36-62(57)70(50-25-10-4-11-26-50,51-27-12-5-13-28-51)65(59)47-66(60)71(63,52-29-14-6-15-30-52)53-31-16-7-17-32-53/h3-47H,1-2H3. The molecule has 1 nitrogen and oxygen atoms in total. The lowest BCUT2D eigenvalue weighted by Gasteiger charge is -2.37. The molecule has 0 saturated heterocycles. The highest BCUT2D eigenvalue weighted by Gasteiger charge is 2.52. The van der Waals surface area contributed by atoms with Crippen LogP contribution in [0.2, 0.25) is 0 Å². The summed E-state index contributed by atoms with van der Waals surface area (Å²) in [6.45, 7) is 4.77. The Morgan fingerprint density at radius 1 is 0.264 bits per heavy atom. The topological polar surface area (TPSA) is 3.24 Å². The Hall–Kier alpha value is -8.78. The fraction of sp³-hybridized carbons (Fsp3) is 0.0704. The third-order valence-electron chi connectivity index (χ3n) is 16.4. The molecule has 0 amide bonds. The highest BCUT2D eigenvalue weighted by Crippen LogP contribution is 2.64. The van der Waals surface area contributed by atoms with Crippen molar-refractivity contribution in [2.45, 2.75) is 30.1 Å². The van der Waals surface area contributed by atoms with Crippen LogP contribution in [0.1, 0.15) is 69.5 Å². The van der Waals surface area contributed by atoms with E-state index < -0.39 is 10.8 Å². The van der Waals surface area contributed by atoms with E-state index in [0.29, 0.717) is 0 Å². The minimum atomic E-state index is -0.670. The average molecular weight is 918 g/mol. The van der Waals surface area contributed by atoms with Gasteiger partial charge in [-0.1, -0.05) is 250 Å². The van der Waals surface area contributed by atoms with E-state index in [-0.39, 0.29) is 5.41 Å². The van der Waals surface area contributed by atoms with Crippen molar-refractivity contribution >= 4 is 17.1 Å². The van der Waals surface area contributed by atoms with Gasteiger partial charge in [0.05, 0.1) is 16.5 Å². The van der Waals surface area contributed by atoms with Crippen molar-refractivity contribution in [1.29, 1.82) is 0 Å². The number of rotatable bonds is 8. The van der Waals surface area contributed by atoms with Gasteiger partial charge in [0, 0.05) is 22.4 Å². The summed E-state index contributed by atoms with van der Waals surface area (Å²) in [5.74, 6) is 0. The Morgan fingerprint density at radius 2 is 0.694 bits per heavy atom. The fourth-order valence-corrected chi connectivity index (χ4v) is 13.3. The van der Waals surface area contributed by atoms with Crippen molar-refractivity contribution in [3.8, 4) is 44.5 Å². The zero-order valence-electron chi connectivity index (χ0n) is 40.4. The van der Waals surface area contributed by atoms with E-state index >= 15 is 0 Å². The van der Waals surface area contributed by atoms with E-state index in [9.17, 15) is 0 Å². The molecule has 0 N–H and O–H groups in total. The third-order valence-corrected chi connectivity index (χ3v) is 16.4. The molecule has 0 spiro atoms. The van der Waals surface area contributed by atoms with Gasteiger partial charge in [-0.25, -0.2) is 0 Å². The molecule has 0 aliphatic heterocycles. The Balaban J connectivity index is 1.10. The van der Waals surface area contributed by atoms with Crippen LogP contribution in [0.4, 0.5) is 17.1 Å². The molecule has 0 heterocycles. The highest BCUT2D eigenvalue weighted by molar-refractivity contribution is 6.01. The number of anilines is 3. The lowest BCUT2D eigenvalue weighted by molar-refractivity contribution is 0.660. The maximum Gasteiger partial charge on any atom is 0.0714 e. The van der Waals surface area contributed by atoms with Gasteiger partial charge >= 0.3 is 0 Å². The van der Waals surface area contributed by atoms with Gasteiger partial charge in [-0.15, -0.1) is 0 Å². The second kappa shape index (κ2) is 16.1. The minimum Gasteiger partial charge on any atom is -0.310 e. The van der Waals surface area contributed by atoms with E-state index in [1.54, 1.807) is 0 Å². The second-order valence-corrected chi connectivity index (χ2v) is 20.3.